The summed E-state index contributed by atoms with van der Waals surface area (Å²) in [5, 5.41) is 6.39. The van der Waals surface area contributed by atoms with Gasteiger partial charge in [-0.15, -0.1) is 0 Å². The number of carbonyl (C=O) groups is 5. The van der Waals surface area contributed by atoms with Crippen molar-refractivity contribution in [1.29, 1.82) is 0 Å². The van der Waals surface area contributed by atoms with Crippen LogP contribution in [0.4, 0.5) is 11.4 Å². The Labute approximate surface area is 211 Å². The molecule has 0 bridgehead atoms. The summed E-state index contributed by atoms with van der Waals surface area (Å²) < 4.78 is 4.98. The number of nitrogens with one attached hydrogen (secondary N) is 2. The first-order valence-corrected chi connectivity index (χ1v) is 11.8. The number of esters is 1. The van der Waals surface area contributed by atoms with Crippen LogP contribution in [-0.4, -0.2) is 42.2 Å². The number of anilines is 2. The lowest BCUT2D eigenvalue weighted by molar-refractivity contribution is -0.130. The first-order chi connectivity index (χ1) is 17.1. The largest absolute Gasteiger partial charge is 0.462 e. The Morgan fingerprint density at radius 2 is 1.81 bits per heavy atom. The average Bonchev–Trinajstić information content (AvgIpc) is 3.41. The molecule has 0 saturated carbocycles. The van der Waals surface area contributed by atoms with E-state index in [4.69, 9.17) is 22.1 Å². The van der Waals surface area contributed by atoms with Crippen molar-refractivity contribution in [3.8, 4) is 0 Å². The minimum absolute atomic E-state index is 0.206. The Morgan fingerprint density at radius 3 is 2.44 bits per heavy atom. The van der Waals surface area contributed by atoms with Gasteiger partial charge >= 0.3 is 5.97 Å². The van der Waals surface area contributed by atoms with Gasteiger partial charge in [-0.1, -0.05) is 17.7 Å². The van der Waals surface area contributed by atoms with Gasteiger partial charge in [0.25, 0.3) is 0 Å². The highest BCUT2D eigenvalue weighted by atomic mass is 35.5. The van der Waals surface area contributed by atoms with Gasteiger partial charge in [-0.05, 0) is 49.7 Å². The van der Waals surface area contributed by atoms with Crippen LogP contribution in [0.1, 0.15) is 34.8 Å². The van der Waals surface area contributed by atoms with Gasteiger partial charge in [0.05, 0.1) is 35.4 Å². The van der Waals surface area contributed by atoms with Gasteiger partial charge in [-0.3, -0.25) is 24.5 Å². The van der Waals surface area contributed by atoms with Crippen molar-refractivity contribution >= 4 is 52.6 Å². The van der Waals surface area contributed by atoms with Crippen LogP contribution < -0.4 is 21.3 Å². The lowest BCUT2D eigenvalue weighted by atomic mass is 9.76. The van der Waals surface area contributed by atoms with Crippen molar-refractivity contribution in [3.63, 3.8) is 0 Å². The second-order valence-electron chi connectivity index (χ2n) is 9.06. The first-order valence-electron chi connectivity index (χ1n) is 11.4. The molecule has 2 aromatic rings. The Kier molecular flexibility index (Phi) is 5.60. The topological polar surface area (TPSA) is 148 Å². The molecule has 0 aliphatic carbocycles. The zero-order chi connectivity index (χ0) is 25.9. The van der Waals surface area contributed by atoms with Gasteiger partial charge in [-0.25, -0.2) is 9.69 Å². The first kappa shape index (κ1) is 24.0. The second-order valence-corrected chi connectivity index (χ2v) is 9.47. The highest BCUT2D eigenvalue weighted by molar-refractivity contribution is 6.32. The number of hydrogen-bond acceptors (Lipinski definition) is 7. The molecule has 4 N–H and O–H groups in total. The quantitative estimate of drug-likeness (QED) is 0.409. The Bertz CT molecular complexity index is 1340. The third kappa shape index (κ3) is 3.25. The maximum Gasteiger partial charge on any atom is 0.338 e. The fourth-order valence-electron chi connectivity index (χ4n) is 5.60. The summed E-state index contributed by atoms with van der Waals surface area (Å²) in [6, 6.07) is 8.29. The van der Waals surface area contributed by atoms with Crippen LogP contribution in [0.2, 0.25) is 5.02 Å². The third-order valence-corrected chi connectivity index (χ3v) is 7.55. The number of fused-ring (bicyclic) bond motifs is 4. The Morgan fingerprint density at radius 1 is 1.11 bits per heavy atom. The van der Waals surface area contributed by atoms with E-state index in [1.807, 2.05) is 0 Å². The number of carbonyl (C=O) groups excluding carboxylic acids is 5. The fraction of sp³-hybridized carbons (Fsp3) is 0.320. The summed E-state index contributed by atoms with van der Waals surface area (Å²) in [7, 11) is 0. The highest BCUT2D eigenvalue weighted by Gasteiger charge is 2.70. The predicted molar refractivity (Wildman–Crippen MR) is 129 cm³/mol. The highest BCUT2D eigenvalue weighted by Crippen LogP contribution is 2.55. The predicted octanol–water partition coefficient (Wildman–Crippen LogP) is 1.63. The number of hydrogen-bond donors (Lipinski definition) is 3. The van der Waals surface area contributed by atoms with Crippen molar-refractivity contribution in [2.45, 2.75) is 31.8 Å². The van der Waals surface area contributed by atoms with E-state index < -0.39 is 53.0 Å². The minimum Gasteiger partial charge on any atom is -0.462 e. The molecule has 2 fully saturated rings. The van der Waals surface area contributed by atoms with E-state index in [2.05, 4.69) is 10.6 Å². The monoisotopic (exact) mass is 510 g/mol. The number of imide groups is 1. The van der Waals surface area contributed by atoms with Crippen molar-refractivity contribution in [3.05, 3.63) is 58.1 Å². The van der Waals surface area contributed by atoms with Crippen molar-refractivity contribution in [2.24, 2.45) is 17.6 Å². The molecule has 1 spiro atoms. The van der Waals surface area contributed by atoms with Gasteiger partial charge in [0.1, 0.15) is 5.54 Å². The standard InChI is InChI=1S/C25H23ClN4O6/c1-3-36-23(34)12-4-6-13(7-5-12)30-21(32)18-16(10-17(27)31)29-25(19(18)22(30)33)14-8-9-15(26)11(2)20(14)28-24(25)35/h4-9,16,18-19,29H,3,10H2,1-2H3,(H2,27,31)(H,28,35)/t16-,18-,19-,25-/m0/s1. The molecule has 186 valence electrons. The molecule has 4 amide bonds. The average molecular weight is 511 g/mol. The van der Waals surface area contributed by atoms with Crippen LogP contribution in [0.25, 0.3) is 0 Å². The fourth-order valence-corrected chi connectivity index (χ4v) is 5.75. The van der Waals surface area contributed by atoms with Crippen molar-refractivity contribution < 1.29 is 28.7 Å². The van der Waals surface area contributed by atoms with Crippen LogP contribution in [0.15, 0.2) is 36.4 Å². The van der Waals surface area contributed by atoms with E-state index in [1.165, 1.54) is 24.3 Å². The van der Waals surface area contributed by atoms with Gasteiger partial charge in [0.2, 0.25) is 23.6 Å². The molecular formula is C25H23ClN4O6. The normalized spacial score (nSPS) is 26.2. The summed E-state index contributed by atoms with van der Waals surface area (Å²) in [4.78, 5) is 65.9. The maximum absolute atomic E-state index is 13.9. The molecule has 5 rings (SSSR count). The van der Waals surface area contributed by atoms with E-state index >= 15 is 0 Å². The Hall–Kier alpha value is -3.76. The molecule has 0 aromatic heterocycles. The molecule has 36 heavy (non-hydrogen) atoms. The minimum atomic E-state index is -1.58. The van der Waals surface area contributed by atoms with Gasteiger partial charge in [-0.2, -0.15) is 0 Å². The van der Waals surface area contributed by atoms with Crippen molar-refractivity contribution in [1.82, 2.24) is 5.32 Å². The van der Waals surface area contributed by atoms with Crippen LogP contribution in [0.5, 0.6) is 0 Å². The lowest BCUT2D eigenvalue weighted by Gasteiger charge is -2.29. The third-order valence-electron chi connectivity index (χ3n) is 7.14. The summed E-state index contributed by atoms with van der Waals surface area (Å²) >= 11 is 6.26. The van der Waals surface area contributed by atoms with Gasteiger partial charge in [0.15, 0.2) is 0 Å². The molecule has 3 aliphatic heterocycles. The van der Waals surface area contributed by atoms with Gasteiger partial charge in [0, 0.05) is 23.0 Å². The number of nitrogens with zero attached hydrogens (tertiary/aromatic N) is 1. The molecule has 2 saturated heterocycles. The van der Waals surface area contributed by atoms with Crippen molar-refractivity contribution in [2.75, 3.05) is 16.8 Å². The van der Waals surface area contributed by atoms with E-state index in [-0.39, 0.29) is 24.3 Å². The molecule has 0 unspecified atom stereocenters. The zero-order valence-corrected chi connectivity index (χ0v) is 20.2. The van der Waals surface area contributed by atoms with E-state index in [0.717, 1.165) is 4.90 Å². The SMILES string of the molecule is CCOC(=O)c1ccc(N2C(=O)[C@H]3[C@H](CC(N)=O)N[C@]4(C(=O)Nc5c4ccc(Cl)c5C)[C@@H]3C2=O)cc1. The summed E-state index contributed by atoms with van der Waals surface area (Å²) in [6.45, 7) is 3.64. The lowest BCUT2D eigenvalue weighted by Crippen LogP contribution is -2.53. The summed E-state index contributed by atoms with van der Waals surface area (Å²) in [6.07, 6.45) is -0.243. The van der Waals surface area contributed by atoms with E-state index in [9.17, 15) is 24.0 Å². The summed E-state index contributed by atoms with van der Waals surface area (Å²) in [5.41, 5.74) is 5.96. The maximum atomic E-state index is 13.9. The molecule has 2 aromatic carbocycles. The zero-order valence-electron chi connectivity index (χ0n) is 19.5. The summed E-state index contributed by atoms with van der Waals surface area (Å²) in [5.74, 6) is -5.00. The molecule has 4 atom stereocenters. The molecule has 0 radical (unpaired) electrons. The molecular weight excluding hydrogens is 488 g/mol. The van der Waals surface area contributed by atoms with Crippen LogP contribution in [0, 0.1) is 18.8 Å². The van der Waals surface area contributed by atoms with Crippen LogP contribution >= 0.6 is 11.6 Å². The number of ether oxygens (including phenoxy) is 1. The number of benzene rings is 2. The Balaban J connectivity index is 1.60. The molecule has 11 heteroatoms. The number of primary amides is 1. The van der Waals surface area contributed by atoms with E-state index in [0.29, 0.717) is 21.8 Å². The number of amides is 4. The number of rotatable bonds is 5. The van der Waals surface area contributed by atoms with Gasteiger partial charge < -0.3 is 15.8 Å². The number of halogens is 1. The molecule has 3 aliphatic rings. The van der Waals surface area contributed by atoms with E-state index in [1.54, 1.807) is 26.0 Å². The second kappa shape index (κ2) is 8.42. The molecule has 3 heterocycles. The van der Waals surface area contributed by atoms with Crippen LogP contribution in [-0.2, 0) is 29.5 Å². The molecule has 10 nitrogen and oxygen atoms in total. The number of nitrogens with two attached hydrogens (primary N) is 1. The van der Waals surface area contributed by atoms with Crippen LogP contribution in [0.3, 0.4) is 0 Å². The smallest absolute Gasteiger partial charge is 0.338 e.